The number of carbonyl (C=O) groups is 1. The molecule has 100 valence electrons. The maximum Gasteiger partial charge on any atom is 0.235 e. The number of rotatable bonds is 2. The average molecular weight is 256 g/mol. The van der Waals surface area contributed by atoms with Crippen molar-refractivity contribution in [3.05, 3.63) is 30.1 Å². The second-order valence-electron chi connectivity index (χ2n) is 5.38. The summed E-state index contributed by atoms with van der Waals surface area (Å²) in [5, 5.41) is 0. The van der Waals surface area contributed by atoms with E-state index in [0.29, 0.717) is 0 Å². The van der Waals surface area contributed by atoms with Gasteiger partial charge in [0.15, 0.2) is 0 Å². The second-order valence-corrected chi connectivity index (χ2v) is 5.38. The molecule has 1 aliphatic rings. The first-order valence-electron chi connectivity index (χ1n) is 7.32. The monoisotopic (exact) mass is 256 g/mol. The molecule has 0 spiro atoms. The molecule has 0 radical (unpaired) electrons. The van der Waals surface area contributed by atoms with Gasteiger partial charge in [0.2, 0.25) is 5.91 Å². The number of hydrogen-bond donors (Lipinski definition) is 0. The Morgan fingerprint density at radius 2 is 2.00 bits per heavy atom. The second kappa shape index (κ2) is 5.16. The van der Waals surface area contributed by atoms with Gasteiger partial charge in [-0.1, -0.05) is 38.3 Å². The molecule has 1 aromatic carbocycles. The summed E-state index contributed by atoms with van der Waals surface area (Å²) in [6.07, 6.45) is 6.51. The first-order valence-corrected chi connectivity index (χ1v) is 7.32. The summed E-state index contributed by atoms with van der Waals surface area (Å²) in [4.78, 5) is 17.4. The number of aryl methyl sites for hydroxylation is 1. The van der Waals surface area contributed by atoms with E-state index < -0.39 is 0 Å². The summed E-state index contributed by atoms with van der Waals surface area (Å²) >= 11 is 0. The standard InChI is InChI=1S/C16H20N2O/c1-2-15-17-13-10-6-7-11-14(13)18(15)16(19)12-8-4-3-5-9-12/h6-7,10-12H,2-5,8-9H2,1H3. The predicted molar refractivity (Wildman–Crippen MR) is 76.3 cm³/mol. The SMILES string of the molecule is CCc1nc2ccccc2n1C(=O)C1CCCCC1. The number of aromatic nitrogens is 2. The molecule has 3 rings (SSSR count). The molecule has 1 heterocycles. The van der Waals surface area contributed by atoms with Crippen LogP contribution < -0.4 is 0 Å². The zero-order chi connectivity index (χ0) is 13.2. The van der Waals surface area contributed by atoms with E-state index in [2.05, 4.69) is 11.9 Å². The molecule has 0 saturated heterocycles. The predicted octanol–water partition coefficient (Wildman–Crippen LogP) is 3.82. The van der Waals surface area contributed by atoms with E-state index in [1.165, 1.54) is 19.3 Å². The maximum atomic E-state index is 12.8. The van der Waals surface area contributed by atoms with E-state index >= 15 is 0 Å². The maximum absolute atomic E-state index is 12.8. The highest BCUT2D eigenvalue weighted by molar-refractivity contribution is 5.92. The van der Waals surface area contributed by atoms with Crippen LogP contribution in [0.4, 0.5) is 0 Å². The number of hydrogen-bond acceptors (Lipinski definition) is 2. The van der Waals surface area contributed by atoms with Crippen LogP contribution in [0, 0.1) is 5.92 Å². The van der Waals surface area contributed by atoms with E-state index in [0.717, 1.165) is 36.1 Å². The van der Waals surface area contributed by atoms with Crippen molar-refractivity contribution in [2.24, 2.45) is 5.92 Å². The Balaban J connectivity index is 2.04. The zero-order valence-electron chi connectivity index (χ0n) is 11.4. The van der Waals surface area contributed by atoms with Crippen molar-refractivity contribution >= 4 is 16.9 Å². The molecule has 1 saturated carbocycles. The van der Waals surface area contributed by atoms with Crippen LogP contribution >= 0.6 is 0 Å². The average Bonchev–Trinajstić information content (AvgIpc) is 2.86. The van der Waals surface area contributed by atoms with Crippen molar-refractivity contribution < 1.29 is 4.79 Å². The minimum atomic E-state index is 0.191. The van der Waals surface area contributed by atoms with Gasteiger partial charge in [-0.3, -0.25) is 9.36 Å². The Labute approximate surface area is 113 Å². The molecule has 3 heteroatoms. The van der Waals surface area contributed by atoms with Gasteiger partial charge in [0, 0.05) is 12.3 Å². The zero-order valence-corrected chi connectivity index (χ0v) is 11.4. The van der Waals surface area contributed by atoms with Crippen LogP contribution in [-0.4, -0.2) is 15.5 Å². The van der Waals surface area contributed by atoms with Gasteiger partial charge >= 0.3 is 0 Å². The van der Waals surface area contributed by atoms with E-state index in [4.69, 9.17) is 0 Å². The fourth-order valence-electron chi connectivity index (χ4n) is 3.09. The molecule has 0 atom stereocenters. The molecule has 19 heavy (non-hydrogen) atoms. The molecule has 0 N–H and O–H groups in total. The Kier molecular flexibility index (Phi) is 3.36. The smallest absolute Gasteiger partial charge is 0.235 e. The first-order chi connectivity index (χ1) is 9.31. The van der Waals surface area contributed by atoms with Crippen molar-refractivity contribution in [3.8, 4) is 0 Å². The largest absolute Gasteiger partial charge is 0.274 e. The molecule has 0 aliphatic heterocycles. The van der Waals surface area contributed by atoms with Gasteiger partial charge in [-0.2, -0.15) is 0 Å². The quantitative estimate of drug-likeness (QED) is 0.818. The summed E-state index contributed by atoms with van der Waals surface area (Å²) in [6.45, 7) is 2.06. The Hall–Kier alpha value is -1.64. The van der Waals surface area contributed by atoms with Gasteiger partial charge in [-0.15, -0.1) is 0 Å². The van der Waals surface area contributed by atoms with E-state index in [-0.39, 0.29) is 11.8 Å². The number of para-hydroxylation sites is 2. The van der Waals surface area contributed by atoms with Crippen LogP contribution in [0.5, 0.6) is 0 Å². The normalized spacial score (nSPS) is 16.9. The van der Waals surface area contributed by atoms with Crippen LogP contribution in [-0.2, 0) is 6.42 Å². The summed E-state index contributed by atoms with van der Waals surface area (Å²) in [7, 11) is 0. The van der Waals surface area contributed by atoms with Crippen molar-refractivity contribution in [1.82, 2.24) is 9.55 Å². The lowest BCUT2D eigenvalue weighted by atomic mass is 9.88. The molecular weight excluding hydrogens is 236 g/mol. The third-order valence-corrected chi connectivity index (χ3v) is 4.12. The lowest BCUT2D eigenvalue weighted by Crippen LogP contribution is -2.25. The Morgan fingerprint density at radius 1 is 1.26 bits per heavy atom. The van der Waals surface area contributed by atoms with Crippen molar-refractivity contribution in [1.29, 1.82) is 0 Å². The highest BCUT2D eigenvalue weighted by atomic mass is 16.2. The van der Waals surface area contributed by atoms with Crippen molar-refractivity contribution in [2.45, 2.75) is 45.4 Å². The topological polar surface area (TPSA) is 34.9 Å². The molecule has 0 bridgehead atoms. The number of imidazole rings is 1. The minimum absolute atomic E-state index is 0.191. The minimum Gasteiger partial charge on any atom is -0.274 e. The van der Waals surface area contributed by atoms with Crippen LogP contribution in [0.15, 0.2) is 24.3 Å². The van der Waals surface area contributed by atoms with E-state index in [1.54, 1.807) is 0 Å². The summed E-state index contributed by atoms with van der Waals surface area (Å²) in [5.74, 6) is 1.35. The lowest BCUT2D eigenvalue weighted by Gasteiger charge is -2.21. The van der Waals surface area contributed by atoms with Crippen LogP contribution in [0.3, 0.4) is 0 Å². The molecule has 1 aromatic heterocycles. The van der Waals surface area contributed by atoms with Gasteiger partial charge in [-0.05, 0) is 25.0 Å². The highest BCUT2D eigenvalue weighted by Crippen LogP contribution is 2.27. The molecule has 1 aliphatic carbocycles. The summed E-state index contributed by atoms with van der Waals surface area (Å²) < 4.78 is 1.87. The van der Waals surface area contributed by atoms with Gasteiger partial charge in [0.05, 0.1) is 11.0 Å². The first kappa shape index (κ1) is 12.4. The number of carbonyl (C=O) groups excluding carboxylic acids is 1. The highest BCUT2D eigenvalue weighted by Gasteiger charge is 2.25. The van der Waals surface area contributed by atoms with E-state index in [1.807, 2.05) is 28.8 Å². The third-order valence-electron chi connectivity index (χ3n) is 4.12. The summed E-state index contributed by atoms with van der Waals surface area (Å²) in [6, 6.07) is 7.94. The fourth-order valence-corrected chi connectivity index (χ4v) is 3.09. The number of fused-ring (bicyclic) bond motifs is 1. The van der Waals surface area contributed by atoms with Gasteiger partial charge in [0.25, 0.3) is 0 Å². The van der Waals surface area contributed by atoms with Gasteiger partial charge in [0.1, 0.15) is 5.82 Å². The van der Waals surface area contributed by atoms with Crippen LogP contribution in [0.25, 0.3) is 11.0 Å². The molecule has 0 unspecified atom stereocenters. The van der Waals surface area contributed by atoms with Crippen LogP contribution in [0.2, 0.25) is 0 Å². The van der Waals surface area contributed by atoms with Gasteiger partial charge < -0.3 is 0 Å². The summed E-state index contributed by atoms with van der Waals surface area (Å²) in [5.41, 5.74) is 1.90. The molecule has 1 fully saturated rings. The third kappa shape index (κ3) is 2.18. The molecule has 3 nitrogen and oxygen atoms in total. The van der Waals surface area contributed by atoms with Gasteiger partial charge in [-0.25, -0.2) is 4.98 Å². The molecule has 2 aromatic rings. The Bertz CT molecular complexity index is 594. The van der Waals surface area contributed by atoms with Crippen molar-refractivity contribution in [3.63, 3.8) is 0 Å². The number of benzene rings is 1. The Morgan fingerprint density at radius 3 is 2.74 bits per heavy atom. The van der Waals surface area contributed by atoms with Crippen molar-refractivity contribution in [2.75, 3.05) is 0 Å². The van der Waals surface area contributed by atoms with E-state index in [9.17, 15) is 4.79 Å². The fraction of sp³-hybridized carbons (Fsp3) is 0.500. The number of nitrogens with zero attached hydrogens (tertiary/aromatic N) is 2. The molecular formula is C16H20N2O. The lowest BCUT2D eigenvalue weighted by molar-refractivity contribution is 0.0803. The van der Waals surface area contributed by atoms with Crippen LogP contribution in [0.1, 0.15) is 49.6 Å². The molecule has 0 amide bonds.